The van der Waals surface area contributed by atoms with E-state index in [9.17, 15) is 18.9 Å². The van der Waals surface area contributed by atoms with E-state index in [0.29, 0.717) is 12.8 Å². The molecule has 0 aliphatic carbocycles. The summed E-state index contributed by atoms with van der Waals surface area (Å²) in [4.78, 5) is 52.9. The van der Waals surface area contributed by atoms with E-state index in [4.69, 9.17) is 19.3 Å². The lowest BCUT2D eigenvalue weighted by Gasteiger charge is -2.18. The fourth-order valence-electron chi connectivity index (χ4n) is 4.28. The molecule has 40 heavy (non-hydrogen) atoms. The number of ether oxygens (including phenoxy) is 2. The van der Waals surface area contributed by atoms with Gasteiger partial charge in [-0.1, -0.05) is 103 Å². The molecule has 3 N–H and O–H groups in total. The molecule has 0 aliphatic rings. The third kappa shape index (κ3) is 29.5. The summed E-state index contributed by atoms with van der Waals surface area (Å²) in [5, 5.41) is 2.82. The predicted octanol–water partition coefficient (Wildman–Crippen LogP) is 6.51. The van der Waals surface area contributed by atoms with Crippen molar-refractivity contribution in [2.24, 2.45) is 0 Å². The van der Waals surface area contributed by atoms with Crippen LogP contribution in [0.3, 0.4) is 0 Å². The molecule has 0 aromatic carbocycles. The molecule has 1 atom stereocenters. The number of carbonyl (C=O) groups excluding carboxylic acids is 3. The summed E-state index contributed by atoms with van der Waals surface area (Å²) in [6.07, 6.45) is 19.0. The lowest BCUT2D eigenvalue weighted by atomic mass is 10.0. The number of rotatable bonds is 28. The smallest absolute Gasteiger partial charge is 0.462 e. The van der Waals surface area contributed by atoms with Gasteiger partial charge >= 0.3 is 19.8 Å². The summed E-state index contributed by atoms with van der Waals surface area (Å²) in [5.74, 6) is -0.879. The Morgan fingerprint density at radius 1 is 0.675 bits per heavy atom. The minimum atomic E-state index is -4.74. The first-order chi connectivity index (χ1) is 19.1. The van der Waals surface area contributed by atoms with Gasteiger partial charge in [-0.05, 0) is 19.3 Å². The van der Waals surface area contributed by atoms with Gasteiger partial charge in [-0.25, -0.2) is 4.57 Å². The normalized spacial score (nSPS) is 12.2. The number of esters is 2. The van der Waals surface area contributed by atoms with Crippen molar-refractivity contribution in [3.63, 3.8) is 0 Å². The molecule has 0 rings (SSSR count). The molecule has 0 saturated carbocycles. The predicted molar refractivity (Wildman–Crippen MR) is 156 cm³/mol. The zero-order chi connectivity index (χ0) is 29.9. The van der Waals surface area contributed by atoms with Crippen molar-refractivity contribution in [2.75, 3.05) is 19.8 Å². The Morgan fingerprint density at radius 2 is 1.12 bits per heavy atom. The summed E-state index contributed by atoms with van der Waals surface area (Å²) in [5.41, 5.74) is 0. The quantitative estimate of drug-likeness (QED) is 0.0524. The van der Waals surface area contributed by atoms with E-state index in [1.807, 2.05) is 0 Å². The van der Waals surface area contributed by atoms with E-state index in [-0.39, 0.29) is 25.4 Å². The van der Waals surface area contributed by atoms with E-state index in [2.05, 4.69) is 16.8 Å². The minimum Gasteiger partial charge on any atom is -0.462 e. The number of phosphoric ester groups is 1. The number of amides is 1. The van der Waals surface area contributed by atoms with Crippen LogP contribution >= 0.6 is 7.82 Å². The molecule has 1 amide bonds. The molecule has 0 spiro atoms. The summed E-state index contributed by atoms with van der Waals surface area (Å²) in [7, 11) is -4.74. The molecule has 0 unspecified atom stereocenters. The fourth-order valence-corrected chi connectivity index (χ4v) is 4.64. The monoisotopic (exact) mass is 593 g/mol. The van der Waals surface area contributed by atoms with Crippen molar-refractivity contribution in [1.29, 1.82) is 0 Å². The Hall–Kier alpha value is -1.48. The molecular formula is C29H56NO9P. The Kier molecular flexibility index (Phi) is 25.4. The van der Waals surface area contributed by atoms with Crippen LogP contribution in [0.5, 0.6) is 0 Å². The van der Waals surface area contributed by atoms with Crippen LogP contribution in [0, 0.1) is 0 Å². The first kappa shape index (κ1) is 38.5. The third-order valence-corrected chi connectivity index (χ3v) is 7.06. The van der Waals surface area contributed by atoms with Crippen LogP contribution in [-0.2, 0) is 32.9 Å². The standard InChI is InChI=1S/C29H56NO9P/c1-3-4-5-15-19-22-29(33)39-27(25-38-40(34,35)36)24-37-28(32)21-18-16-13-11-9-7-6-8-10-12-14-17-20-23-30-26(2)31/h27H,3-25H2,1-2H3,(H,30,31)(H2,34,35,36)/t27-/m0/s1. The van der Waals surface area contributed by atoms with Crippen LogP contribution in [0.25, 0.3) is 0 Å². The van der Waals surface area contributed by atoms with E-state index in [0.717, 1.165) is 57.9 Å². The molecule has 0 aliphatic heterocycles. The Morgan fingerprint density at radius 3 is 1.60 bits per heavy atom. The molecule has 0 radical (unpaired) electrons. The molecule has 0 fully saturated rings. The molecule has 0 heterocycles. The van der Waals surface area contributed by atoms with E-state index >= 15 is 0 Å². The van der Waals surface area contributed by atoms with Gasteiger partial charge in [-0.3, -0.25) is 18.9 Å². The van der Waals surface area contributed by atoms with E-state index in [1.54, 1.807) is 6.92 Å². The van der Waals surface area contributed by atoms with Gasteiger partial charge < -0.3 is 24.6 Å². The average molecular weight is 594 g/mol. The van der Waals surface area contributed by atoms with Gasteiger partial charge in [0.05, 0.1) is 6.61 Å². The van der Waals surface area contributed by atoms with Gasteiger partial charge in [0.15, 0.2) is 6.10 Å². The summed E-state index contributed by atoms with van der Waals surface area (Å²) >= 11 is 0. The third-order valence-electron chi connectivity index (χ3n) is 6.57. The topological polar surface area (TPSA) is 148 Å². The summed E-state index contributed by atoms with van der Waals surface area (Å²) in [6.45, 7) is 3.60. The highest BCUT2D eigenvalue weighted by Crippen LogP contribution is 2.35. The number of carbonyl (C=O) groups is 3. The number of hydrogen-bond donors (Lipinski definition) is 3. The molecule has 11 heteroatoms. The van der Waals surface area contributed by atoms with Gasteiger partial charge in [0.2, 0.25) is 5.91 Å². The average Bonchev–Trinajstić information content (AvgIpc) is 2.89. The molecule has 0 aromatic rings. The molecule has 0 saturated heterocycles. The number of phosphoric acid groups is 1. The van der Waals surface area contributed by atoms with Crippen LogP contribution in [0.2, 0.25) is 0 Å². The highest BCUT2D eigenvalue weighted by atomic mass is 31.2. The van der Waals surface area contributed by atoms with Crippen LogP contribution < -0.4 is 5.32 Å². The largest absolute Gasteiger partial charge is 0.469 e. The molecule has 0 bridgehead atoms. The second-order valence-corrected chi connectivity index (χ2v) is 11.8. The first-order valence-electron chi connectivity index (χ1n) is 15.4. The Labute approximate surface area is 241 Å². The van der Waals surface area contributed by atoms with Crippen molar-refractivity contribution in [2.45, 2.75) is 148 Å². The van der Waals surface area contributed by atoms with Crippen LogP contribution in [0.15, 0.2) is 0 Å². The second-order valence-electron chi connectivity index (χ2n) is 10.6. The van der Waals surface area contributed by atoms with Gasteiger partial charge in [0, 0.05) is 26.3 Å². The van der Waals surface area contributed by atoms with Gasteiger partial charge in [-0.15, -0.1) is 0 Å². The second kappa shape index (κ2) is 26.4. The molecule has 0 aromatic heterocycles. The number of unbranched alkanes of at least 4 members (excludes halogenated alkanes) is 16. The van der Waals surface area contributed by atoms with Gasteiger partial charge in [0.1, 0.15) is 6.61 Å². The first-order valence-corrected chi connectivity index (χ1v) is 17.0. The van der Waals surface area contributed by atoms with Crippen molar-refractivity contribution < 1.29 is 42.7 Å². The van der Waals surface area contributed by atoms with Crippen molar-refractivity contribution in [3.05, 3.63) is 0 Å². The fraction of sp³-hybridized carbons (Fsp3) is 0.897. The van der Waals surface area contributed by atoms with E-state index < -0.39 is 32.5 Å². The van der Waals surface area contributed by atoms with E-state index in [1.165, 1.54) is 51.4 Å². The van der Waals surface area contributed by atoms with Crippen LogP contribution in [0.4, 0.5) is 0 Å². The zero-order valence-electron chi connectivity index (χ0n) is 25.0. The number of hydrogen-bond acceptors (Lipinski definition) is 7. The maximum atomic E-state index is 12.1. The van der Waals surface area contributed by atoms with Crippen LogP contribution in [0.1, 0.15) is 142 Å². The highest BCUT2D eigenvalue weighted by molar-refractivity contribution is 7.46. The lowest BCUT2D eigenvalue weighted by Crippen LogP contribution is -2.29. The Bertz CT molecular complexity index is 699. The van der Waals surface area contributed by atoms with Crippen molar-refractivity contribution in [1.82, 2.24) is 5.32 Å². The summed E-state index contributed by atoms with van der Waals surface area (Å²) in [6, 6.07) is 0. The highest BCUT2D eigenvalue weighted by Gasteiger charge is 2.22. The number of nitrogens with one attached hydrogen (secondary N) is 1. The maximum Gasteiger partial charge on any atom is 0.469 e. The molecular weight excluding hydrogens is 537 g/mol. The Balaban J connectivity index is 3.83. The van der Waals surface area contributed by atoms with Crippen LogP contribution in [-0.4, -0.2) is 53.5 Å². The van der Waals surface area contributed by atoms with Crippen molar-refractivity contribution in [3.8, 4) is 0 Å². The van der Waals surface area contributed by atoms with Crippen molar-refractivity contribution >= 4 is 25.7 Å². The SMILES string of the molecule is CCCCCCCC(=O)O[C@@H](COC(=O)CCCCCCCCCCCCCCCNC(C)=O)COP(=O)(O)O. The molecule has 10 nitrogen and oxygen atoms in total. The lowest BCUT2D eigenvalue weighted by molar-refractivity contribution is -0.161. The minimum absolute atomic E-state index is 0.0433. The van der Waals surface area contributed by atoms with Gasteiger partial charge in [-0.2, -0.15) is 0 Å². The summed E-state index contributed by atoms with van der Waals surface area (Å²) < 4.78 is 25.9. The van der Waals surface area contributed by atoms with Gasteiger partial charge in [0.25, 0.3) is 0 Å². The zero-order valence-corrected chi connectivity index (χ0v) is 25.9. The molecule has 236 valence electrons. The maximum absolute atomic E-state index is 12.1.